The second-order valence-electron chi connectivity index (χ2n) is 5.70. The summed E-state index contributed by atoms with van der Waals surface area (Å²) in [5.74, 6) is 0.961. The molecule has 0 aromatic heterocycles. The van der Waals surface area contributed by atoms with E-state index in [2.05, 4.69) is 35.6 Å². The van der Waals surface area contributed by atoms with Gasteiger partial charge in [-0.15, -0.1) is 0 Å². The third kappa shape index (κ3) is 4.08. The normalized spacial score (nSPS) is 19.0. The molecule has 3 rings (SSSR count). The van der Waals surface area contributed by atoms with E-state index >= 15 is 0 Å². The van der Waals surface area contributed by atoms with Gasteiger partial charge >= 0.3 is 0 Å². The van der Waals surface area contributed by atoms with Crippen molar-refractivity contribution in [2.45, 2.75) is 38.3 Å². The Hall–Kier alpha value is -1.80. The van der Waals surface area contributed by atoms with E-state index in [9.17, 15) is 0 Å². The van der Waals surface area contributed by atoms with Gasteiger partial charge in [-0.05, 0) is 42.6 Å². The number of ether oxygens (including phenoxy) is 1. The first kappa shape index (κ1) is 14.2. The van der Waals surface area contributed by atoms with Crippen LogP contribution in [0.5, 0.6) is 5.75 Å². The molecule has 1 heterocycles. The second kappa shape index (κ2) is 7.28. The minimum Gasteiger partial charge on any atom is -0.489 e. The van der Waals surface area contributed by atoms with Gasteiger partial charge in [-0.1, -0.05) is 55.3 Å². The lowest BCUT2D eigenvalue weighted by atomic mass is 10.0. The molecule has 2 aromatic carbocycles. The fourth-order valence-electron chi connectivity index (χ4n) is 2.88. The minimum absolute atomic E-state index is 0.479. The predicted octanol–water partition coefficient (Wildman–Crippen LogP) is 4.47. The lowest BCUT2D eigenvalue weighted by Crippen LogP contribution is -2.20. The summed E-state index contributed by atoms with van der Waals surface area (Å²) in [4.78, 5) is 0. The maximum atomic E-state index is 5.93. The number of rotatable bonds is 4. The summed E-state index contributed by atoms with van der Waals surface area (Å²) in [6, 6.07) is 19.3. The minimum atomic E-state index is 0.479. The van der Waals surface area contributed by atoms with Gasteiger partial charge < -0.3 is 10.1 Å². The third-order valence-corrected chi connectivity index (χ3v) is 4.07. The number of hydrogen-bond acceptors (Lipinski definition) is 2. The van der Waals surface area contributed by atoms with Gasteiger partial charge in [-0.3, -0.25) is 0 Å². The van der Waals surface area contributed by atoms with Crippen LogP contribution in [0.3, 0.4) is 0 Å². The SMILES string of the molecule is c1ccc(COc2cccc(C3CCCCCN3)c2)cc1. The topological polar surface area (TPSA) is 21.3 Å². The summed E-state index contributed by atoms with van der Waals surface area (Å²) in [5.41, 5.74) is 2.55. The van der Waals surface area contributed by atoms with Gasteiger partial charge in [-0.2, -0.15) is 0 Å². The van der Waals surface area contributed by atoms with Crippen LogP contribution in [0.2, 0.25) is 0 Å². The molecule has 1 atom stereocenters. The van der Waals surface area contributed by atoms with Crippen molar-refractivity contribution in [3.8, 4) is 5.75 Å². The molecule has 0 amide bonds. The van der Waals surface area contributed by atoms with Crippen LogP contribution in [0.25, 0.3) is 0 Å². The van der Waals surface area contributed by atoms with E-state index < -0.39 is 0 Å². The molecule has 2 nitrogen and oxygen atoms in total. The molecule has 1 saturated heterocycles. The van der Waals surface area contributed by atoms with E-state index in [0.717, 1.165) is 12.3 Å². The molecule has 0 saturated carbocycles. The molecule has 1 aliphatic heterocycles. The van der Waals surface area contributed by atoms with Crippen LogP contribution < -0.4 is 10.1 Å². The van der Waals surface area contributed by atoms with Gasteiger partial charge in [0.25, 0.3) is 0 Å². The molecule has 1 unspecified atom stereocenters. The monoisotopic (exact) mass is 281 g/mol. The molecule has 0 bridgehead atoms. The van der Waals surface area contributed by atoms with Gasteiger partial charge in [0.15, 0.2) is 0 Å². The molecule has 2 aromatic rings. The quantitative estimate of drug-likeness (QED) is 0.892. The summed E-state index contributed by atoms with van der Waals surface area (Å²) in [5, 5.41) is 3.64. The molecule has 0 radical (unpaired) electrons. The Bertz CT molecular complexity index is 545. The van der Waals surface area contributed by atoms with Crippen molar-refractivity contribution >= 4 is 0 Å². The van der Waals surface area contributed by atoms with E-state index in [4.69, 9.17) is 4.74 Å². The molecule has 0 aliphatic carbocycles. The third-order valence-electron chi connectivity index (χ3n) is 4.07. The first-order valence-corrected chi connectivity index (χ1v) is 7.92. The molecule has 21 heavy (non-hydrogen) atoms. The summed E-state index contributed by atoms with van der Waals surface area (Å²) in [7, 11) is 0. The Balaban J connectivity index is 1.65. The zero-order valence-corrected chi connectivity index (χ0v) is 12.4. The van der Waals surface area contributed by atoms with Crippen LogP contribution in [0, 0.1) is 0 Å². The molecule has 2 heteroatoms. The van der Waals surface area contributed by atoms with E-state index in [1.165, 1.54) is 36.8 Å². The Morgan fingerprint density at radius 1 is 0.952 bits per heavy atom. The van der Waals surface area contributed by atoms with Crippen LogP contribution in [0.15, 0.2) is 54.6 Å². The average molecular weight is 281 g/mol. The van der Waals surface area contributed by atoms with Crippen molar-refractivity contribution < 1.29 is 4.74 Å². The number of hydrogen-bond donors (Lipinski definition) is 1. The highest BCUT2D eigenvalue weighted by Gasteiger charge is 2.13. The standard InChI is InChI=1S/C19H23NO/c1-3-8-16(9-4-1)15-21-18-11-7-10-17(14-18)19-12-5-2-6-13-20-19/h1,3-4,7-11,14,19-20H,2,5-6,12-13,15H2. The number of benzene rings is 2. The molecule has 1 aliphatic rings. The molecule has 1 N–H and O–H groups in total. The van der Waals surface area contributed by atoms with Crippen LogP contribution in [-0.2, 0) is 6.61 Å². The van der Waals surface area contributed by atoms with E-state index in [0.29, 0.717) is 12.6 Å². The predicted molar refractivity (Wildman–Crippen MR) is 86.4 cm³/mol. The fourth-order valence-corrected chi connectivity index (χ4v) is 2.88. The van der Waals surface area contributed by atoms with Gasteiger partial charge in [0.1, 0.15) is 12.4 Å². The first-order valence-electron chi connectivity index (χ1n) is 7.92. The van der Waals surface area contributed by atoms with Crippen LogP contribution in [-0.4, -0.2) is 6.54 Å². The van der Waals surface area contributed by atoms with Crippen molar-refractivity contribution in [3.05, 3.63) is 65.7 Å². The first-order chi connectivity index (χ1) is 10.4. The van der Waals surface area contributed by atoms with E-state index in [-0.39, 0.29) is 0 Å². The highest BCUT2D eigenvalue weighted by Crippen LogP contribution is 2.25. The summed E-state index contributed by atoms with van der Waals surface area (Å²) < 4.78 is 5.93. The largest absolute Gasteiger partial charge is 0.489 e. The molecule has 0 spiro atoms. The fraction of sp³-hybridized carbons (Fsp3) is 0.368. The van der Waals surface area contributed by atoms with Gasteiger partial charge in [0.2, 0.25) is 0 Å². The van der Waals surface area contributed by atoms with E-state index in [1.54, 1.807) is 0 Å². The van der Waals surface area contributed by atoms with Crippen LogP contribution in [0.1, 0.15) is 42.9 Å². The summed E-state index contributed by atoms with van der Waals surface area (Å²) in [6.07, 6.45) is 5.17. The average Bonchev–Trinajstić information content (AvgIpc) is 2.83. The molecular formula is C19H23NO. The van der Waals surface area contributed by atoms with Crippen molar-refractivity contribution in [2.75, 3.05) is 6.54 Å². The Labute approximate surface area is 127 Å². The Morgan fingerprint density at radius 2 is 1.86 bits per heavy atom. The lowest BCUT2D eigenvalue weighted by Gasteiger charge is -2.17. The second-order valence-corrected chi connectivity index (χ2v) is 5.70. The summed E-state index contributed by atoms with van der Waals surface area (Å²) in [6.45, 7) is 1.75. The Kier molecular flexibility index (Phi) is 4.90. The number of nitrogens with one attached hydrogen (secondary N) is 1. The van der Waals surface area contributed by atoms with Crippen LogP contribution in [0.4, 0.5) is 0 Å². The summed E-state index contributed by atoms with van der Waals surface area (Å²) >= 11 is 0. The van der Waals surface area contributed by atoms with Crippen molar-refractivity contribution in [2.24, 2.45) is 0 Å². The van der Waals surface area contributed by atoms with Crippen LogP contribution >= 0.6 is 0 Å². The highest BCUT2D eigenvalue weighted by atomic mass is 16.5. The van der Waals surface area contributed by atoms with Crippen molar-refractivity contribution in [1.82, 2.24) is 5.32 Å². The van der Waals surface area contributed by atoms with Crippen molar-refractivity contribution in [1.29, 1.82) is 0 Å². The van der Waals surface area contributed by atoms with Crippen molar-refractivity contribution in [3.63, 3.8) is 0 Å². The maximum Gasteiger partial charge on any atom is 0.120 e. The molecule has 110 valence electrons. The highest BCUT2D eigenvalue weighted by molar-refractivity contribution is 5.31. The van der Waals surface area contributed by atoms with E-state index in [1.807, 2.05) is 24.3 Å². The zero-order chi connectivity index (χ0) is 14.3. The zero-order valence-electron chi connectivity index (χ0n) is 12.4. The van der Waals surface area contributed by atoms with Gasteiger partial charge in [-0.25, -0.2) is 0 Å². The molecular weight excluding hydrogens is 258 g/mol. The maximum absolute atomic E-state index is 5.93. The Morgan fingerprint density at radius 3 is 2.76 bits per heavy atom. The molecule has 1 fully saturated rings. The lowest BCUT2D eigenvalue weighted by molar-refractivity contribution is 0.305. The van der Waals surface area contributed by atoms with Gasteiger partial charge in [0.05, 0.1) is 0 Å². The van der Waals surface area contributed by atoms with Gasteiger partial charge in [0, 0.05) is 6.04 Å². The smallest absolute Gasteiger partial charge is 0.120 e.